The lowest BCUT2D eigenvalue weighted by molar-refractivity contribution is -0.135. The fourth-order valence-corrected chi connectivity index (χ4v) is 4.41. The van der Waals surface area contributed by atoms with Gasteiger partial charge in [-0.05, 0) is 30.3 Å². The first-order valence-electron chi connectivity index (χ1n) is 10.8. The Balaban J connectivity index is 1.49. The van der Waals surface area contributed by atoms with Gasteiger partial charge in [-0.3, -0.25) is 9.59 Å². The van der Waals surface area contributed by atoms with E-state index in [1.807, 2.05) is 29.2 Å². The molecule has 1 saturated heterocycles. The molecule has 1 N–H and O–H groups in total. The topological polar surface area (TPSA) is 61.9 Å². The van der Waals surface area contributed by atoms with Gasteiger partial charge in [-0.2, -0.15) is 0 Å². The number of carbonyl (C=O) groups is 2. The Morgan fingerprint density at radius 3 is 2.53 bits per heavy atom. The number of anilines is 1. The maximum atomic E-state index is 14.3. The zero-order valence-electron chi connectivity index (χ0n) is 18.1. The Hall–Kier alpha value is -3.16. The number of fused-ring (bicyclic) bond motifs is 1. The van der Waals surface area contributed by atoms with Gasteiger partial charge in [0.25, 0.3) is 0 Å². The summed E-state index contributed by atoms with van der Waals surface area (Å²) in [5.74, 6) is -0.527. The van der Waals surface area contributed by atoms with Crippen LogP contribution in [-0.2, 0) is 16.1 Å². The van der Waals surface area contributed by atoms with Gasteiger partial charge in [0.15, 0.2) is 0 Å². The monoisotopic (exact) mass is 443 g/mol. The van der Waals surface area contributed by atoms with E-state index in [4.69, 9.17) is 4.74 Å². The summed E-state index contributed by atoms with van der Waals surface area (Å²) in [6, 6.07) is 11.1. The molecule has 0 aromatic heterocycles. The van der Waals surface area contributed by atoms with Crippen LogP contribution in [0.1, 0.15) is 31.7 Å². The Morgan fingerprint density at radius 1 is 1.06 bits per heavy atom. The highest BCUT2D eigenvalue weighted by Crippen LogP contribution is 2.41. The van der Waals surface area contributed by atoms with E-state index < -0.39 is 17.2 Å². The molecular weight excluding hydrogens is 416 g/mol. The highest BCUT2D eigenvalue weighted by Gasteiger charge is 2.40. The first kappa shape index (κ1) is 22.0. The van der Waals surface area contributed by atoms with Gasteiger partial charge in [0.05, 0.1) is 12.2 Å². The molecule has 2 aliphatic rings. The van der Waals surface area contributed by atoms with Gasteiger partial charge in [0.1, 0.15) is 23.0 Å². The fourth-order valence-electron chi connectivity index (χ4n) is 4.41. The van der Waals surface area contributed by atoms with Crippen LogP contribution in [0.4, 0.5) is 14.5 Å². The van der Waals surface area contributed by atoms with E-state index in [2.05, 4.69) is 5.32 Å². The molecule has 1 fully saturated rings. The van der Waals surface area contributed by atoms with Gasteiger partial charge in [0, 0.05) is 57.9 Å². The summed E-state index contributed by atoms with van der Waals surface area (Å²) in [6.45, 7) is 3.32. The second-order valence-corrected chi connectivity index (χ2v) is 8.45. The average Bonchev–Trinajstić information content (AvgIpc) is 2.92. The molecule has 4 rings (SSSR count). The number of hydrogen-bond donors (Lipinski definition) is 1. The lowest BCUT2D eigenvalue weighted by Crippen LogP contribution is -2.52. The molecule has 8 heteroatoms. The quantitative estimate of drug-likeness (QED) is 0.788. The highest BCUT2D eigenvalue weighted by molar-refractivity contribution is 5.83. The van der Waals surface area contributed by atoms with Crippen molar-refractivity contribution < 1.29 is 23.1 Å². The number of amides is 2. The molecule has 2 aromatic carbocycles. The molecule has 0 aliphatic carbocycles. The zero-order valence-corrected chi connectivity index (χ0v) is 18.1. The number of benzene rings is 2. The van der Waals surface area contributed by atoms with Crippen molar-refractivity contribution in [2.45, 2.75) is 38.3 Å². The van der Waals surface area contributed by atoms with Crippen LogP contribution in [0.3, 0.4) is 0 Å². The third kappa shape index (κ3) is 4.84. The number of rotatable bonds is 4. The molecule has 0 unspecified atom stereocenters. The molecule has 32 heavy (non-hydrogen) atoms. The molecule has 0 saturated carbocycles. The van der Waals surface area contributed by atoms with E-state index in [0.29, 0.717) is 50.2 Å². The SMILES string of the molecule is CC(=O)NCC(=O)N1CCC2(CC1)CCN(Cc1cc(F)ccc1F)c1ccccc1O2. The van der Waals surface area contributed by atoms with Crippen molar-refractivity contribution in [2.24, 2.45) is 0 Å². The van der Waals surface area contributed by atoms with Crippen LogP contribution in [0.15, 0.2) is 42.5 Å². The first-order chi connectivity index (χ1) is 15.3. The van der Waals surface area contributed by atoms with E-state index in [1.54, 1.807) is 4.90 Å². The van der Waals surface area contributed by atoms with Gasteiger partial charge in [-0.25, -0.2) is 8.78 Å². The summed E-state index contributed by atoms with van der Waals surface area (Å²) >= 11 is 0. The van der Waals surface area contributed by atoms with E-state index in [1.165, 1.54) is 13.0 Å². The van der Waals surface area contributed by atoms with Crippen LogP contribution in [0.25, 0.3) is 0 Å². The predicted octanol–water partition coefficient (Wildman–Crippen LogP) is 3.25. The number of likely N-dealkylation sites (tertiary alicyclic amines) is 1. The van der Waals surface area contributed by atoms with Crippen LogP contribution in [0, 0.1) is 11.6 Å². The second kappa shape index (κ2) is 9.14. The lowest BCUT2D eigenvalue weighted by Gasteiger charge is -2.41. The van der Waals surface area contributed by atoms with Crippen molar-refractivity contribution in [1.29, 1.82) is 0 Å². The van der Waals surface area contributed by atoms with Crippen molar-refractivity contribution >= 4 is 17.5 Å². The van der Waals surface area contributed by atoms with Crippen molar-refractivity contribution in [2.75, 3.05) is 31.1 Å². The Kier molecular flexibility index (Phi) is 6.30. The maximum absolute atomic E-state index is 14.3. The number of hydrogen-bond acceptors (Lipinski definition) is 4. The minimum Gasteiger partial charge on any atom is -0.485 e. The van der Waals surface area contributed by atoms with Crippen LogP contribution in [-0.4, -0.2) is 48.5 Å². The molecule has 2 aromatic rings. The van der Waals surface area contributed by atoms with Gasteiger partial charge in [-0.15, -0.1) is 0 Å². The number of nitrogens with zero attached hydrogens (tertiary/aromatic N) is 2. The molecule has 0 atom stereocenters. The summed E-state index contributed by atoms with van der Waals surface area (Å²) in [5.41, 5.74) is 0.710. The standard InChI is InChI=1S/C24H27F2N3O3/c1-17(30)27-15-23(31)28-11-8-24(9-12-28)10-13-29(21-4-2-3-5-22(21)32-24)16-18-14-19(25)6-7-20(18)26/h2-7,14H,8-13,15-16H2,1H3,(H,27,30). The molecule has 170 valence electrons. The van der Waals surface area contributed by atoms with Gasteiger partial charge >= 0.3 is 0 Å². The molecule has 1 spiro atoms. The third-order valence-electron chi connectivity index (χ3n) is 6.25. The molecule has 6 nitrogen and oxygen atoms in total. The third-order valence-corrected chi connectivity index (χ3v) is 6.25. The molecule has 2 heterocycles. The summed E-state index contributed by atoms with van der Waals surface area (Å²) in [7, 11) is 0. The van der Waals surface area contributed by atoms with E-state index in [-0.39, 0.29) is 24.9 Å². The van der Waals surface area contributed by atoms with Crippen LogP contribution >= 0.6 is 0 Å². The van der Waals surface area contributed by atoms with Crippen molar-refractivity contribution in [1.82, 2.24) is 10.2 Å². The van der Waals surface area contributed by atoms with Gasteiger partial charge in [0.2, 0.25) is 11.8 Å². The maximum Gasteiger partial charge on any atom is 0.241 e. The average molecular weight is 443 g/mol. The number of para-hydroxylation sites is 2. The largest absolute Gasteiger partial charge is 0.485 e. The second-order valence-electron chi connectivity index (χ2n) is 8.45. The smallest absolute Gasteiger partial charge is 0.241 e. The molecule has 0 bridgehead atoms. The van der Waals surface area contributed by atoms with E-state index >= 15 is 0 Å². The molecule has 0 radical (unpaired) electrons. The van der Waals surface area contributed by atoms with Gasteiger partial charge in [-0.1, -0.05) is 12.1 Å². The summed E-state index contributed by atoms with van der Waals surface area (Å²) in [4.78, 5) is 27.2. The predicted molar refractivity (Wildman–Crippen MR) is 116 cm³/mol. The number of halogens is 2. The minimum absolute atomic E-state index is 0.000991. The molecule has 2 aliphatic heterocycles. The zero-order chi connectivity index (χ0) is 22.7. The lowest BCUT2D eigenvalue weighted by atomic mass is 9.87. The highest BCUT2D eigenvalue weighted by atomic mass is 19.1. The first-order valence-corrected chi connectivity index (χ1v) is 10.8. The van der Waals surface area contributed by atoms with Crippen LogP contribution in [0.2, 0.25) is 0 Å². The normalized spacial score (nSPS) is 17.3. The number of ether oxygens (including phenoxy) is 1. The van der Waals surface area contributed by atoms with Crippen molar-refractivity contribution in [3.63, 3.8) is 0 Å². The minimum atomic E-state index is -0.464. The van der Waals surface area contributed by atoms with Crippen LogP contribution < -0.4 is 15.0 Å². The molecular formula is C24H27F2N3O3. The van der Waals surface area contributed by atoms with Crippen molar-refractivity contribution in [3.05, 3.63) is 59.7 Å². The van der Waals surface area contributed by atoms with Crippen molar-refractivity contribution in [3.8, 4) is 5.75 Å². The Labute approximate surface area is 186 Å². The van der Waals surface area contributed by atoms with E-state index in [0.717, 1.165) is 17.8 Å². The van der Waals surface area contributed by atoms with Gasteiger partial charge < -0.3 is 19.9 Å². The Morgan fingerprint density at radius 2 is 1.78 bits per heavy atom. The number of piperidine rings is 1. The summed E-state index contributed by atoms with van der Waals surface area (Å²) in [6.07, 6.45) is 2.02. The van der Waals surface area contributed by atoms with Crippen LogP contribution in [0.5, 0.6) is 5.75 Å². The van der Waals surface area contributed by atoms with E-state index in [9.17, 15) is 18.4 Å². The number of nitrogens with one attached hydrogen (secondary N) is 1. The summed E-state index contributed by atoms with van der Waals surface area (Å²) in [5, 5.41) is 2.55. The molecule has 2 amide bonds. The number of carbonyl (C=O) groups excluding carboxylic acids is 2. The fraction of sp³-hybridized carbons (Fsp3) is 0.417. The summed E-state index contributed by atoms with van der Waals surface area (Å²) < 4.78 is 34.5. The Bertz CT molecular complexity index is 1010.